The summed E-state index contributed by atoms with van der Waals surface area (Å²) in [5.74, 6) is -0.526. The average Bonchev–Trinajstić information content (AvgIpc) is 2.27. The molecule has 1 heterocycles. The smallest absolute Gasteiger partial charge is 0.270 e. The Balaban J connectivity index is 2.70. The van der Waals surface area contributed by atoms with Crippen molar-refractivity contribution in [2.75, 3.05) is 14.1 Å². The topological polar surface area (TPSA) is 62.3 Å². The van der Waals surface area contributed by atoms with E-state index in [1.54, 1.807) is 39.2 Å². The number of pyridine rings is 1. The van der Waals surface area contributed by atoms with Gasteiger partial charge in [-0.3, -0.25) is 9.59 Å². The Hall–Kier alpha value is -1.43. The molecule has 1 atom stereocenters. The van der Waals surface area contributed by atoms with E-state index >= 15 is 0 Å². The number of carbonyl (C=O) groups is 2. The van der Waals surface area contributed by atoms with Crippen LogP contribution >= 0.6 is 15.9 Å². The molecular formula is C11H14BrN3O2. The Labute approximate surface area is 108 Å². The Morgan fingerprint density at radius 3 is 2.59 bits per heavy atom. The van der Waals surface area contributed by atoms with Crippen LogP contribution in [0.2, 0.25) is 0 Å². The minimum absolute atomic E-state index is 0.159. The van der Waals surface area contributed by atoms with Gasteiger partial charge in [0.25, 0.3) is 5.91 Å². The first-order chi connectivity index (χ1) is 7.91. The zero-order valence-electron chi connectivity index (χ0n) is 9.90. The van der Waals surface area contributed by atoms with Gasteiger partial charge in [-0.25, -0.2) is 4.98 Å². The third kappa shape index (κ3) is 3.81. The molecule has 1 aromatic heterocycles. The SMILES string of the molecule is CC(NC(=O)c1cccc(Br)n1)C(=O)N(C)C. The third-order valence-electron chi connectivity index (χ3n) is 2.11. The molecule has 5 nitrogen and oxygen atoms in total. The lowest BCUT2D eigenvalue weighted by Gasteiger charge is -2.17. The Morgan fingerprint density at radius 2 is 2.06 bits per heavy atom. The number of rotatable bonds is 3. The summed E-state index contributed by atoms with van der Waals surface area (Å²) < 4.78 is 0.580. The van der Waals surface area contributed by atoms with Crippen molar-refractivity contribution in [2.45, 2.75) is 13.0 Å². The molecule has 1 unspecified atom stereocenters. The minimum atomic E-state index is -0.571. The fraction of sp³-hybridized carbons (Fsp3) is 0.364. The first kappa shape index (κ1) is 13.6. The van der Waals surface area contributed by atoms with Crippen molar-refractivity contribution >= 4 is 27.7 Å². The van der Waals surface area contributed by atoms with Gasteiger partial charge < -0.3 is 10.2 Å². The summed E-state index contributed by atoms with van der Waals surface area (Å²) in [6, 6.07) is 4.46. The third-order valence-corrected chi connectivity index (χ3v) is 2.55. The van der Waals surface area contributed by atoms with E-state index in [9.17, 15) is 9.59 Å². The summed E-state index contributed by atoms with van der Waals surface area (Å²) in [4.78, 5) is 28.8. The van der Waals surface area contributed by atoms with Crippen LogP contribution in [-0.4, -0.2) is 41.8 Å². The Morgan fingerprint density at radius 1 is 1.41 bits per heavy atom. The van der Waals surface area contributed by atoms with Crippen LogP contribution in [0.1, 0.15) is 17.4 Å². The molecule has 17 heavy (non-hydrogen) atoms. The highest BCUT2D eigenvalue weighted by Gasteiger charge is 2.18. The molecule has 1 aromatic rings. The molecule has 0 saturated heterocycles. The highest BCUT2D eigenvalue weighted by Crippen LogP contribution is 2.06. The summed E-state index contributed by atoms with van der Waals surface area (Å²) >= 11 is 3.18. The second kappa shape index (κ2) is 5.77. The molecule has 6 heteroatoms. The van der Waals surface area contributed by atoms with E-state index in [1.165, 1.54) is 4.90 Å². The van der Waals surface area contributed by atoms with E-state index in [0.717, 1.165) is 0 Å². The summed E-state index contributed by atoms with van der Waals surface area (Å²) in [5.41, 5.74) is 0.276. The van der Waals surface area contributed by atoms with Crippen molar-refractivity contribution in [3.63, 3.8) is 0 Å². The first-order valence-corrected chi connectivity index (χ1v) is 5.85. The van der Waals surface area contributed by atoms with Crippen molar-refractivity contribution in [2.24, 2.45) is 0 Å². The van der Waals surface area contributed by atoms with Gasteiger partial charge in [-0.1, -0.05) is 6.07 Å². The van der Waals surface area contributed by atoms with Crippen LogP contribution in [0.4, 0.5) is 0 Å². The summed E-state index contributed by atoms with van der Waals surface area (Å²) in [6.45, 7) is 1.64. The molecule has 0 spiro atoms. The molecule has 0 saturated carbocycles. The van der Waals surface area contributed by atoms with Gasteiger partial charge in [-0.05, 0) is 35.0 Å². The lowest BCUT2D eigenvalue weighted by atomic mass is 10.2. The maximum Gasteiger partial charge on any atom is 0.270 e. The molecule has 0 fully saturated rings. The quantitative estimate of drug-likeness (QED) is 0.849. The normalized spacial score (nSPS) is 11.8. The lowest BCUT2D eigenvalue weighted by molar-refractivity contribution is -0.130. The number of likely N-dealkylation sites (N-methyl/N-ethyl adjacent to an activating group) is 1. The molecule has 2 amide bonds. The van der Waals surface area contributed by atoms with Crippen molar-refractivity contribution < 1.29 is 9.59 Å². The van der Waals surface area contributed by atoms with Crippen LogP contribution < -0.4 is 5.32 Å². The van der Waals surface area contributed by atoms with Crippen molar-refractivity contribution in [1.29, 1.82) is 0 Å². The molecule has 0 aromatic carbocycles. The fourth-order valence-corrected chi connectivity index (χ4v) is 1.60. The summed E-state index contributed by atoms with van der Waals surface area (Å²) in [7, 11) is 3.28. The van der Waals surface area contributed by atoms with E-state index < -0.39 is 6.04 Å². The van der Waals surface area contributed by atoms with Crippen LogP contribution in [0.25, 0.3) is 0 Å². The van der Waals surface area contributed by atoms with Gasteiger partial charge in [0.2, 0.25) is 5.91 Å². The van der Waals surface area contributed by atoms with Gasteiger partial charge in [-0.15, -0.1) is 0 Å². The van der Waals surface area contributed by atoms with E-state index in [4.69, 9.17) is 0 Å². The van der Waals surface area contributed by atoms with Gasteiger partial charge in [0, 0.05) is 14.1 Å². The number of carbonyl (C=O) groups excluding carboxylic acids is 2. The van der Waals surface area contributed by atoms with Crippen molar-refractivity contribution in [3.8, 4) is 0 Å². The number of nitrogens with zero attached hydrogens (tertiary/aromatic N) is 2. The Bertz CT molecular complexity index is 434. The zero-order chi connectivity index (χ0) is 13.0. The molecule has 1 N–H and O–H groups in total. The average molecular weight is 300 g/mol. The zero-order valence-corrected chi connectivity index (χ0v) is 11.5. The van der Waals surface area contributed by atoms with Crippen LogP contribution in [0, 0.1) is 0 Å². The Kier molecular flexibility index (Phi) is 4.62. The fourth-order valence-electron chi connectivity index (χ4n) is 1.25. The molecular weight excluding hydrogens is 286 g/mol. The predicted molar refractivity (Wildman–Crippen MR) is 67.6 cm³/mol. The van der Waals surface area contributed by atoms with Crippen LogP contribution in [-0.2, 0) is 4.79 Å². The summed E-state index contributed by atoms with van der Waals surface area (Å²) in [5, 5.41) is 2.59. The number of nitrogens with one attached hydrogen (secondary N) is 1. The first-order valence-electron chi connectivity index (χ1n) is 5.06. The number of halogens is 1. The molecule has 0 aliphatic rings. The second-order valence-corrected chi connectivity index (χ2v) is 4.59. The van der Waals surface area contributed by atoms with Crippen molar-refractivity contribution in [3.05, 3.63) is 28.5 Å². The van der Waals surface area contributed by atoms with E-state index in [-0.39, 0.29) is 17.5 Å². The minimum Gasteiger partial charge on any atom is -0.347 e. The van der Waals surface area contributed by atoms with Gasteiger partial charge >= 0.3 is 0 Å². The standard InChI is InChI=1S/C11H14BrN3O2/c1-7(11(17)15(2)3)13-10(16)8-5-4-6-9(12)14-8/h4-7H,1-3H3,(H,13,16). The van der Waals surface area contributed by atoms with E-state index in [2.05, 4.69) is 26.2 Å². The second-order valence-electron chi connectivity index (χ2n) is 3.77. The van der Waals surface area contributed by atoms with Crippen LogP contribution in [0.3, 0.4) is 0 Å². The number of amides is 2. The number of hydrogen-bond acceptors (Lipinski definition) is 3. The van der Waals surface area contributed by atoms with Gasteiger partial charge in [0.05, 0.1) is 0 Å². The molecule has 0 radical (unpaired) electrons. The van der Waals surface area contributed by atoms with Crippen LogP contribution in [0.15, 0.2) is 22.8 Å². The highest BCUT2D eigenvalue weighted by atomic mass is 79.9. The lowest BCUT2D eigenvalue weighted by Crippen LogP contribution is -2.44. The van der Waals surface area contributed by atoms with E-state index in [0.29, 0.717) is 4.60 Å². The highest BCUT2D eigenvalue weighted by molar-refractivity contribution is 9.10. The molecule has 0 bridgehead atoms. The molecule has 1 rings (SSSR count). The molecule has 0 aliphatic heterocycles. The maximum atomic E-state index is 11.8. The monoisotopic (exact) mass is 299 g/mol. The van der Waals surface area contributed by atoms with E-state index in [1.807, 2.05) is 0 Å². The molecule has 92 valence electrons. The largest absolute Gasteiger partial charge is 0.347 e. The molecule has 0 aliphatic carbocycles. The maximum absolute atomic E-state index is 11.8. The summed E-state index contributed by atoms with van der Waals surface area (Å²) in [6.07, 6.45) is 0. The van der Waals surface area contributed by atoms with Crippen molar-refractivity contribution in [1.82, 2.24) is 15.2 Å². The number of aromatic nitrogens is 1. The predicted octanol–water partition coefficient (Wildman–Crippen LogP) is 1.05. The van der Waals surface area contributed by atoms with Gasteiger partial charge in [0.1, 0.15) is 16.3 Å². The van der Waals surface area contributed by atoms with Gasteiger partial charge in [-0.2, -0.15) is 0 Å². The number of hydrogen-bond donors (Lipinski definition) is 1. The van der Waals surface area contributed by atoms with Gasteiger partial charge in [0.15, 0.2) is 0 Å². The van der Waals surface area contributed by atoms with Crippen LogP contribution in [0.5, 0.6) is 0 Å².